The molecule has 0 spiro atoms. The Balaban J connectivity index is 1.31. The highest BCUT2D eigenvalue weighted by atomic mass is 15.1. The minimum Gasteiger partial charge on any atom is -0.326 e. The summed E-state index contributed by atoms with van der Waals surface area (Å²) in [5.41, 5.74) is 13.1. The predicted octanol–water partition coefficient (Wildman–Crippen LogP) is 16.0. The Morgan fingerprint density at radius 3 is 1.52 bits per heavy atom. The van der Waals surface area contributed by atoms with Crippen molar-refractivity contribution in [1.82, 2.24) is 19.5 Å². The van der Waals surface area contributed by atoms with Gasteiger partial charge in [0.2, 0.25) is 0 Å². The van der Waals surface area contributed by atoms with Crippen LogP contribution in [-0.4, -0.2) is 19.5 Å². The van der Waals surface area contributed by atoms with Crippen molar-refractivity contribution in [2.24, 2.45) is 0 Å². The molecule has 0 bridgehead atoms. The van der Waals surface area contributed by atoms with Crippen LogP contribution in [0.3, 0.4) is 0 Å². The third-order valence-corrected chi connectivity index (χ3v) is 12.4. The summed E-state index contributed by atoms with van der Waals surface area (Å²) in [5, 5.41) is 2.33. The summed E-state index contributed by atoms with van der Waals surface area (Å²) < 4.78 is 2.55. The second kappa shape index (κ2) is 18.3. The molecule has 4 nitrogen and oxygen atoms in total. The Kier molecular flexibility index (Phi) is 11.5. The van der Waals surface area contributed by atoms with Gasteiger partial charge in [-0.15, -0.1) is 0 Å². The van der Waals surface area contributed by atoms with Crippen molar-refractivity contribution in [1.29, 1.82) is 0 Å². The van der Waals surface area contributed by atoms with E-state index in [-0.39, 0.29) is 0 Å². The highest BCUT2D eigenvalue weighted by molar-refractivity contribution is 6.16. The lowest BCUT2D eigenvalue weighted by atomic mass is 9.83. The van der Waals surface area contributed by atoms with Crippen molar-refractivity contribution in [2.75, 3.05) is 0 Å². The predicted molar refractivity (Wildman–Crippen MR) is 278 cm³/mol. The van der Waals surface area contributed by atoms with Crippen LogP contribution >= 0.6 is 0 Å². The Labute approximate surface area is 387 Å². The van der Waals surface area contributed by atoms with Crippen molar-refractivity contribution in [3.8, 4) is 56.2 Å². The molecule has 2 heterocycles. The lowest BCUT2D eigenvalue weighted by molar-refractivity contribution is 0.570. The summed E-state index contributed by atoms with van der Waals surface area (Å²) >= 11 is 0. The lowest BCUT2D eigenvalue weighted by Crippen LogP contribution is -2.30. The first-order chi connectivity index (χ1) is 32.5. The summed E-state index contributed by atoms with van der Waals surface area (Å²) in [5.74, 6) is 1.81. The van der Waals surface area contributed by atoms with Gasteiger partial charge in [0.15, 0.2) is 17.5 Å². The van der Waals surface area contributed by atoms with E-state index in [0.29, 0.717) is 17.5 Å². The fourth-order valence-electron chi connectivity index (χ4n) is 9.13. The number of fused-ring (bicyclic) bond motifs is 3. The van der Waals surface area contributed by atoms with Gasteiger partial charge in [0.1, 0.15) is 0 Å². The number of hydrogen-bond donors (Lipinski definition) is 0. The van der Waals surface area contributed by atoms with Gasteiger partial charge in [-0.05, 0) is 83.1 Å². The molecule has 0 fully saturated rings. The van der Waals surface area contributed by atoms with Crippen molar-refractivity contribution >= 4 is 33.0 Å². The summed E-state index contributed by atoms with van der Waals surface area (Å²) in [6.07, 6.45) is 10.6. The molecule has 1 atom stereocenters. The van der Waals surface area contributed by atoms with Crippen LogP contribution in [0.15, 0.2) is 249 Å². The summed E-state index contributed by atoms with van der Waals surface area (Å²) in [6, 6.07) is 74.8. The van der Waals surface area contributed by atoms with Crippen molar-refractivity contribution in [3.05, 3.63) is 261 Å². The second-order valence-corrected chi connectivity index (χ2v) is 16.5. The number of benzene rings is 8. The Morgan fingerprint density at radius 2 is 0.985 bits per heavy atom. The van der Waals surface area contributed by atoms with Crippen LogP contribution in [0.25, 0.3) is 89.1 Å². The van der Waals surface area contributed by atoms with E-state index >= 15 is 0 Å². The molecule has 0 amide bonds. The number of nitrogens with zero attached hydrogens (tertiary/aromatic N) is 4. The first-order valence-corrected chi connectivity index (χ1v) is 22.4. The highest BCUT2D eigenvalue weighted by Crippen LogP contribution is 2.48. The standard InChI is InChI=1S/C62H48N4/c1-4-6-39-62(3,56(48-31-19-10-20-32-48)43-44(5-2)59-63-60(49-33-21-11-22-34-49)65-61(64-59)50-35-23-12-24-36-50)66-57-38-37-51(45-25-13-7-14-26-45)40-54(57)55-42-52(46-27-15-8-16-28-46)41-53(58(55)66)47-29-17-9-18-30-47/h4-43H,1H2,2-3H3/b39-6-,44-5+,56-43-. The summed E-state index contributed by atoms with van der Waals surface area (Å²) in [4.78, 5) is 15.4. The van der Waals surface area contributed by atoms with Crippen LogP contribution in [0.4, 0.5) is 0 Å². The average Bonchev–Trinajstić information content (AvgIpc) is 3.73. The van der Waals surface area contributed by atoms with Gasteiger partial charge < -0.3 is 4.57 Å². The molecule has 0 N–H and O–H groups in total. The molecule has 316 valence electrons. The molecule has 0 aliphatic heterocycles. The van der Waals surface area contributed by atoms with E-state index in [9.17, 15) is 0 Å². The molecule has 0 saturated carbocycles. The molecule has 0 radical (unpaired) electrons. The van der Waals surface area contributed by atoms with E-state index in [1.165, 1.54) is 5.56 Å². The third kappa shape index (κ3) is 8.02. The minimum atomic E-state index is -0.826. The third-order valence-electron chi connectivity index (χ3n) is 12.4. The van der Waals surface area contributed by atoms with E-state index in [1.807, 2.05) is 66.7 Å². The molecule has 0 aliphatic rings. The number of hydrogen-bond acceptors (Lipinski definition) is 3. The maximum atomic E-state index is 5.21. The molecule has 4 heteroatoms. The summed E-state index contributed by atoms with van der Waals surface area (Å²) in [7, 11) is 0. The highest BCUT2D eigenvalue weighted by Gasteiger charge is 2.34. The normalized spacial score (nSPS) is 13.0. The first kappa shape index (κ1) is 41.5. The largest absolute Gasteiger partial charge is 0.326 e. The fraction of sp³-hybridized carbons (Fsp3) is 0.0484. The Bertz CT molecular complexity index is 3350. The molecule has 10 aromatic rings. The van der Waals surface area contributed by atoms with Gasteiger partial charge in [-0.3, -0.25) is 0 Å². The molecule has 66 heavy (non-hydrogen) atoms. The van der Waals surface area contributed by atoms with Crippen LogP contribution in [0, 0.1) is 0 Å². The van der Waals surface area contributed by atoms with E-state index < -0.39 is 5.54 Å². The molecule has 8 aromatic carbocycles. The van der Waals surface area contributed by atoms with Gasteiger partial charge in [-0.2, -0.15) is 0 Å². The van der Waals surface area contributed by atoms with E-state index in [0.717, 1.165) is 77.5 Å². The molecular weight excluding hydrogens is 801 g/mol. The van der Waals surface area contributed by atoms with Crippen LogP contribution in [0.2, 0.25) is 0 Å². The van der Waals surface area contributed by atoms with Gasteiger partial charge in [0, 0.05) is 33.0 Å². The van der Waals surface area contributed by atoms with Crippen LogP contribution < -0.4 is 0 Å². The molecular formula is C62H48N4. The first-order valence-electron chi connectivity index (χ1n) is 22.4. The van der Waals surface area contributed by atoms with Gasteiger partial charge in [0.05, 0.1) is 16.6 Å². The lowest BCUT2D eigenvalue weighted by Gasteiger charge is -2.35. The maximum absolute atomic E-state index is 5.21. The molecule has 1 unspecified atom stereocenters. The Hall–Kier alpha value is -8.47. The fourth-order valence-corrected chi connectivity index (χ4v) is 9.13. The minimum absolute atomic E-state index is 0.584. The average molecular weight is 849 g/mol. The van der Waals surface area contributed by atoms with Crippen molar-refractivity contribution in [3.63, 3.8) is 0 Å². The van der Waals surface area contributed by atoms with E-state index in [1.54, 1.807) is 0 Å². The number of allylic oxidation sites excluding steroid dienone is 7. The van der Waals surface area contributed by atoms with Crippen LogP contribution in [0.5, 0.6) is 0 Å². The van der Waals surface area contributed by atoms with Crippen molar-refractivity contribution < 1.29 is 0 Å². The topological polar surface area (TPSA) is 43.6 Å². The number of aromatic nitrogens is 4. The smallest absolute Gasteiger partial charge is 0.164 e. The molecule has 0 saturated heterocycles. The SMILES string of the molecule is C=C/C=C\C(C)(/C(=C\C(=C/C)c1nc(-c2ccccc2)nc(-c2ccccc2)n1)c1ccccc1)n1c2ccc(-c3ccccc3)cc2c2cc(-c3ccccc3)cc(-c3ccccc3)c21. The van der Waals surface area contributed by atoms with Gasteiger partial charge in [-0.1, -0.05) is 219 Å². The van der Waals surface area contributed by atoms with Crippen LogP contribution in [-0.2, 0) is 5.54 Å². The summed E-state index contributed by atoms with van der Waals surface area (Å²) in [6.45, 7) is 8.59. The van der Waals surface area contributed by atoms with Crippen molar-refractivity contribution in [2.45, 2.75) is 19.4 Å². The van der Waals surface area contributed by atoms with Crippen LogP contribution in [0.1, 0.15) is 25.2 Å². The second-order valence-electron chi connectivity index (χ2n) is 16.5. The molecule has 0 aliphatic carbocycles. The van der Waals surface area contributed by atoms with Gasteiger partial charge in [0.25, 0.3) is 0 Å². The number of rotatable bonds is 12. The van der Waals surface area contributed by atoms with E-state index in [2.05, 4.69) is 201 Å². The van der Waals surface area contributed by atoms with E-state index in [4.69, 9.17) is 15.0 Å². The van der Waals surface area contributed by atoms with Gasteiger partial charge in [-0.25, -0.2) is 15.0 Å². The zero-order valence-corrected chi connectivity index (χ0v) is 37.1. The zero-order chi connectivity index (χ0) is 44.9. The van der Waals surface area contributed by atoms with Gasteiger partial charge >= 0.3 is 0 Å². The molecule has 2 aromatic heterocycles. The maximum Gasteiger partial charge on any atom is 0.164 e. The Morgan fingerprint density at radius 1 is 0.500 bits per heavy atom. The quantitative estimate of drug-likeness (QED) is 0.115. The zero-order valence-electron chi connectivity index (χ0n) is 37.1. The monoisotopic (exact) mass is 848 g/mol. The molecule has 10 rings (SSSR count).